The molecule has 0 saturated heterocycles. The van der Waals surface area contributed by atoms with E-state index in [1.54, 1.807) is 0 Å². The smallest absolute Gasteiger partial charge is 0.422 e. The first-order valence-electron chi connectivity index (χ1n) is 5.92. The van der Waals surface area contributed by atoms with Crippen LogP contribution < -0.4 is 4.74 Å². The van der Waals surface area contributed by atoms with E-state index < -0.39 is 34.9 Å². The Morgan fingerprint density at radius 1 is 0.955 bits per heavy atom. The molecular formula is C14H9F6NO. The molecule has 1 aromatic carbocycles. The van der Waals surface area contributed by atoms with Crippen LogP contribution in [0.3, 0.4) is 0 Å². The molecule has 2 nitrogen and oxygen atoms in total. The van der Waals surface area contributed by atoms with E-state index in [9.17, 15) is 26.3 Å². The molecule has 0 aliphatic rings. The minimum absolute atomic E-state index is 0.220. The third kappa shape index (κ3) is 3.15. The number of aromatic nitrogens is 1. The first-order valence-corrected chi connectivity index (χ1v) is 5.92. The van der Waals surface area contributed by atoms with Crippen LogP contribution in [0.1, 0.15) is 11.1 Å². The Hall–Kier alpha value is -2.25. The van der Waals surface area contributed by atoms with Crippen LogP contribution >= 0.6 is 0 Å². The summed E-state index contributed by atoms with van der Waals surface area (Å²) in [6.45, 7) is 0. The Labute approximate surface area is 121 Å². The largest absolute Gasteiger partial charge is 0.481 e. The van der Waals surface area contributed by atoms with Crippen LogP contribution in [0.15, 0.2) is 36.5 Å². The van der Waals surface area contributed by atoms with Gasteiger partial charge in [-0.15, -0.1) is 0 Å². The molecule has 0 amide bonds. The standard InChI is InChI=1S/C14H9F6NO/c1-22-12-11(14(18,19)20)10(5-6-21-12)8-3-2-4-9(7-8)13(15,16)17/h2-7H,1H3. The molecule has 0 saturated carbocycles. The maximum absolute atomic E-state index is 13.2. The summed E-state index contributed by atoms with van der Waals surface area (Å²) >= 11 is 0. The normalized spacial score (nSPS) is 12.3. The third-order valence-corrected chi connectivity index (χ3v) is 2.89. The molecular weight excluding hydrogens is 312 g/mol. The molecule has 0 N–H and O–H groups in total. The van der Waals surface area contributed by atoms with Crippen LogP contribution in [0.4, 0.5) is 26.3 Å². The van der Waals surface area contributed by atoms with E-state index in [0.717, 1.165) is 31.5 Å². The van der Waals surface area contributed by atoms with Crippen molar-refractivity contribution in [2.75, 3.05) is 7.11 Å². The zero-order valence-corrected chi connectivity index (χ0v) is 11.1. The number of rotatable bonds is 2. The van der Waals surface area contributed by atoms with Crippen molar-refractivity contribution in [2.24, 2.45) is 0 Å². The molecule has 2 aromatic rings. The molecule has 0 bridgehead atoms. The summed E-state index contributed by atoms with van der Waals surface area (Å²) in [6.07, 6.45) is -8.42. The number of hydrogen-bond donors (Lipinski definition) is 0. The molecule has 0 radical (unpaired) electrons. The lowest BCUT2D eigenvalue weighted by atomic mass is 9.99. The summed E-state index contributed by atoms with van der Waals surface area (Å²) in [5.74, 6) is -0.692. The van der Waals surface area contributed by atoms with Crippen LogP contribution in [-0.4, -0.2) is 12.1 Å². The molecule has 118 valence electrons. The lowest BCUT2D eigenvalue weighted by molar-refractivity contribution is -0.138. The van der Waals surface area contributed by atoms with E-state index in [1.165, 1.54) is 6.07 Å². The average molecular weight is 321 g/mol. The van der Waals surface area contributed by atoms with Gasteiger partial charge in [0, 0.05) is 11.8 Å². The predicted molar refractivity (Wildman–Crippen MR) is 66.2 cm³/mol. The van der Waals surface area contributed by atoms with E-state index in [2.05, 4.69) is 9.72 Å². The van der Waals surface area contributed by atoms with Crippen molar-refractivity contribution in [3.8, 4) is 17.0 Å². The van der Waals surface area contributed by atoms with Gasteiger partial charge in [-0.3, -0.25) is 0 Å². The zero-order chi connectivity index (χ0) is 16.5. The Morgan fingerprint density at radius 3 is 2.18 bits per heavy atom. The van der Waals surface area contributed by atoms with Crippen LogP contribution in [0, 0.1) is 0 Å². The number of alkyl halides is 6. The molecule has 1 heterocycles. The fraction of sp³-hybridized carbons (Fsp3) is 0.214. The highest BCUT2D eigenvalue weighted by Gasteiger charge is 2.39. The third-order valence-electron chi connectivity index (χ3n) is 2.89. The van der Waals surface area contributed by atoms with Gasteiger partial charge in [-0.1, -0.05) is 12.1 Å². The van der Waals surface area contributed by atoms with Crippen LogP contribution in [-0.2, 0) is 12.4 Å². The highest BCUT2D eigenvalue weighted by Crippen LogP contribution is 2.42. The van der Waals surface area contributed by atoms with Gasteiger partial charge in [-0.05, 0) is 23.8 Å². The molecule has 2 rings (SSSR count). The zero-order valence-electron chi connectivity index (χ0n) is 11.1. The number of pyridine rings is 1. The number of methoxy groups -OCH3 is 1. The Bertz CT molecular complexity index is 678. The lowest BCUT2D eigenvalue weighted by Gasteiger charge is -2.16. The minimum atomic E-state index is -4.82. The van der Waals surface area contributed by atoms with Gasteiger partial charge >= 0.3 is 12.4 Å². The van der Waals surface area contributed by atoms with Crippen molar-refractivity contribution in [2.45, 2.75) is 12.4 Å². The summed E-state index contributed by atoms with van der Waals surface area (Å²) in [4.78, 5) is 3.46. The highest BCUT2D eigenvalue weighted by atomic mass is 19.4. The van der Waals surface area contributed by atoms with Crippen molar-refractivity contribution < 1.29 is 31.1 Å². The highest BCUT2D eigenvalue weighted by molar-refractivity contribution is 5.70. The van der Waals surface area contributed by atoms with Gasteiger partial charge in [0.1, 0.15) is 5.56 Å². The van der Waals surface area contributed by atoms with Crippen molar-refractivity contribution in [1.29, 1.82) is 0 Å². The molecule has 0 aliphatic carbocycles. The first kappa shape index (κ1) is 16.1. The van der Waals surface area contributed by atoms with Crippen LogP contribution in [0.5, 0.6) is 5.88 Å². The topological polar surface area (TPSA) is 22.1 Å². The van der Waals surface area contributed by atoms with E-state index >= 15 is 0 Å². The molecule has 0 spiro atoms. The minimum Gasteiger partial charge on any atom is -0.481 e. The Balaban J connectivity index is 2.68. The van der Waals surface area contributed by atoms with Gasteiger partial charge in [0.25, 0.3) is 0 Å². The monoisotopic (exact) mass is 321 g/mol. The van der Waals surface area contributed by atoms with Gasteiger partial charge in [0.15, 0.2) is 0 Å². The quantitative estimate of drug-likeness (QED) is 0.742. The number of halogens is 6. The summed E-state index contributed by atoms with van der Waals surface area (Å²) in [6, 6.07) is 4.66. The maximum Gasteiger partial charge on any atom is 0.422 e. The second-order valence-corrected chi connectivity index (χ2v) is 4.32. The van der Waals surface area contributed by atoms with E-state index in [4.69, 9.17) is 0 Å². The second kappa shape index (κ2) is 5.51. The molecule has 22 heavy (non-hydrogen) atoms. The van der Waals surface area contributed by atoms with Crippen molar-refractivity contribution in [3.05, 3.63) is 47.7 Å². The fourth-order valence-electron chi connectivity index (χ4n) is 1.97. The van der Waals surface area contributed by atoms with Crippen LogP contribution in [0.25, 0.3) is 11.1 Å². The molecule has 8 heteroatoms. The van der Waals surface area contributed by atoms with Gasteiger partial charge in [-0.2, -0.15) is 26.3 Å². The Kier molecular flexibility index (Phi) is 4.04. The van der Waals surface area contributed by atoms with E-state index in [-0.39, 0.29) is 5.56 Å². The van der Waals surface area contributed by atoms with Crippen molar-refractivity contribution in [1.82, 2.24) is 4.98 Å². The second-order valence-electron chi connectivity index (χ2n) is 4.32. The fourth-order valence-corrected chi connectivity index (χ4v) is 1.97. The number of hydrogen-bond acceptors (Lipinski definition) is 2. The van der Waals surface area contributed by atoms with Crippen LogP contribution in [0.2, 0.25) is 0 Å². The lowest BCUT2D eigenvalue weighted by Crippen LogP contribution is -2.11. The van der Waals surface area contributed by atoms with E-state index in [0.29, 0.717) is 6.07 Å². The predicted octanol–water partition coefficient (Wildman–Crippen LogP) is 4.79. The number of benzene rings is 1. The van der Waals surface area contributed by atoms with Gasteiger partial charge in [0.05, 0.1) is 12.7 Å². The summed E-state index contributed by atoms with van der Waals surface area (Å²) in [5.41, 5.74) is -2.89. The van der Waals surface area contributed by atoms with Gasteiger partial charge in [0.2, 0.25) is 5.88 Å². The van der Waals surface area contributed by atoms with Crippen molar-refractivity contribution >= 4 is 0 Å². The maximum atomic E-state index is 13.2. The molecule has 1 aromatic heterocycles. The molecule has 0 atom stereocenters. The van der Waals surface area contributed by atoms with Gasteiger partial charge < -0.3 is 4.74 Å². The van der Waals surface area contributed by atoms with Gasteiger partial charge in [-0.25, -0.2) is 4.98 Å². The summed E-state index contributed by atoms with van der Waals surface area (Å²) in [7, 11) is 1.01. The average Bonchev–Trinajstić information content (AvgIpc) is 2.44. The molecule has 0 fully saturated rings. The van der Waals surface area contributed by atoms with Crippen molar-refractivity contribution in [3.63, 3.8) is 0 Å². The number of nitrogens with zero attached hydrogens (tertiary/aromatic N) is 1. The van der Waals surface area contributed by atoms with E-state index in [1.807, 2.05) is 0 Å². The molecule has 0 unspecified atom stereocenters. The molecule has 0 aliphatic heterocycles. The summed E-state index contributed by atoms with van der Waals surface area (Å²) < 4.78 is 82.2. The Morgan fingerprint density at radius 2 is 1.64 bits per heavy atom. The first-order chi connectivity index (χ1) is 10.1. The number of ether oxygens (including phenoxy) is 1. The summed E-state index contributed by atoms with van der Waals surface area (Å²) in [5, 5.41) is 0. The SMILES string of the molecule is COc1nccc(-c2cccc(C(F)(F)F)c2)c1C(F)(F)F.